The van der Waals surface area contributed by atoms with Crippen LogP contribution < -0.4 is 4.74 Å². The highest BCUT2D eigenvalue weighted by atomic mass is 35.5. The summed E-state index contributed by atoms with van der Waals surface area (Å²) in [4.78, 5) is 4.04. The highest BCUT2D eigenvalue weighted by molar-refractivity contribution is 6.31. The third kappa shape index (κ3) is 1.60. The summed E-state index contributed by atoms with van der Waals surface area (Å²) in [5.41, 5.74) is 0.494. The van der Waals surface area contributed by atoms with Gasteiger partial charge in [-0.3, -0.25) is 0 Å². The van der Waals surface area contributed by atoms with E-state index in [1.807, 2.05) is 0 Å². The second-order valence-corrected chi connectivity index (χ2v) is 3.42. The van der Waals surface area contributed by atoms with E-state index in [1.54, 1.807) is 25.3 Å². The molecular weight excluding hydrogens is 212 g/mol. The van der Waals surface area contributed by atoms with Crippen molar-refractivity contribution < 1.29 is 4.74 Å². The molecule has 0 amide bonds. The second kappa shape index (κ2) is 3.76. The summed E-state index contributed by atoms with van der Waals surface area (Å²) in [5.74, 6) is 0.501. The maximum Gasteiger partial charge on any atom is 0.221 e. The minimum absolute atomic E-state index is 0.494. The molecule has 0 spiro atoms. The molecule has 0 radical (unpaired) electrons. The van der Waals surface area contributed by atoms with Crippen molar-refractivity contribution in [3.8, 4) is 11.9 Å². The fourth-order valence-corrected chi connectivity index (χ4v) is 1.61. The first-order valence-electron chi connectivity index (χ1n) is 4.28. The Bertz CT molecular complexity index is 560. The van der Waals surface area contributed by atoms with Crippen molar-refractivity contribution in [1.29, 1.82) is 5.26 Å². The molecule has 1 heterocycles. The number of pyridine rings is 1. The largest absolute Gasteiger partial charge is 0.481 e. The molecule has 15 heavy (non-hydrogen) atoms. The van der Waals surface area contributed by atoms with Crippen LogP contribution in [0.2, 0.25) is 5.02 Å². The Labute approximate surface area is 91.9 Å². The zero-order valence-corrected chi connectivity index (χ0v) is 8.75. The summed E-state index contributed by atoms with van der Waals surface area (Å²) in [5, 5.41) is 11.1. The first-order chi connectivity index (χ1) is 7.26. The van der Waals surface area contributed by atoms with Crippen LogP contribution in [-0.4, -0.2) is 12.1 Å². The number of aromatic nitrogens is 1. The third-order valence-electron chi connectivity index (χ3n) is 2.13. The van der Waals surface area contributed by atoms with Gasteiger partial charge in [-0.15, -0.1) is 0 Å². The molecule has 0 saturated carbocycles. The smallest absolute Gasteiger partial charge is 0.221 e. The first-order valence-corrected chi connectivity index (χ1v) is 4.66. The van der Waals surface area contributed by atoms with Crippen LogP contribution in [0.25, 0.3) is 10.8 Å². The Hall–Kier alpha value is -1.79. The Morgan fingerprint density at radius 3 is 2.87 bits per heavy atom. The molecule has 0 aliphatic rings. The molecule has 0 aliphatic heterocycles. The van der Waals surface area contributed by atoms with Crippen LogP contribution in [0.4, 0.5) is 0 Å². The van der Waals surface area contributed by atoms with Crippen LogP contribution >= 0.6 is 11.6 Å². The maximum atomic E-state index is 8.92. The summed E-state index contributed by atoms with van der Waals surface area (Å²) in [6.45, 7) is 0. The van der Waals surface area contributed by atoms with Crippen molar-refractivity contribution in [2.75, 3.05) is 7.11 Å². The van der Waals surface area contributed by atoms with Crippen LogP contribution in [0.5, 0.6) is 5.88 Å². The minimum Gasteiger partial charge on any atom is -0.481 e. The first kappa shape index (κ1) is 9.75. The van der Waals surface area contributed by atoms with Crippen LogP contribution in [-0.2, 0) is 0 Å². The number of ether oxygens (including phenoxy) is 1. The van der Waals surface area contributed by atoms with E-state index in [9.17, 15) is 0 Å². The SMILES string of the molecule is COc1ncc(C#N)c2cc(Cl)ccc12. The number of hydrogen-bond donors (Lipinski definition) is 0. The number of nitrogens with zero attached hydrogens (tertiary/aromatic N) is 2. The lowest BCUT2D eigenvalue weighted by atomic mass is 10.1. The molecule has 0 atom stereocenters. The number of halogens is 1. The second-order valence-electron chi connectivity index (χ2n) is 2.98. The molecule has 2 rings (SSSR count). The highest BCUT2D eigenvalue weighted by Gasteiger charge is 2.07. The Kier molecular flexibility index (Phi) is 2.44. The lowest BCUT2D eigenvalue weighted by Crippen LogP contribution is -1.91. The van der Waals surface area contributed by atoms with Crippen LogP contribution in [0.3, 0.4) is 0 Å². The fourth-order valence-electron chi connectivity index (χ4n) is 1.44. The molecule has 0 bridgehead atoms. The summed E-state index contributed by atoms with van der Waals surface area (Å²) in [7, 11) is 1.54. The van der Waals surface area contributed by atoms with E-state index in [0.29, 0.717) is 16.5 Å². The molecule has 4 heteroatoms. The summed E-state index contributed by atoms with van der Waals surface area (Å²) in [6, 6.07) is 7.35. The zero-order chi connectivity index (χ0) is 10.8. The van der Waals surface area contributed by atoms with Gasteiger partial charge in [0.15, 0.2) is 0 Å². The monoisotopic (exact) mass is 218 g/mol. The van der Waals surface area contributed by atoms with Gasteiger partial charge in [-0.25, -0.2) is 4.98 Å². The number of rotatable bonds is 1. The predicted molar refractivity (Wildman–Crippen MR) is 58.0 cm³/mol. The molecule has 0 aliphatic carbocycles. The van der Waals surface area contributed by atoms with Gasteiger partial charge in [-0.1, -0.05) is 11.6 Å². The molecule has 1 aromatic heterocycles. The van der Waals surface area contributed by atoms with E-state index >= 15 is 0 Å². The van der Waals surface area contributed by atoms with E-state index < -0.39 is 0 Å². The molecule has 1 aromatic carbocycles. The van der Waals surface area contributed by atoms with Gasteiger partial charge in [0.25, 0.3) is 0 Å². The normalized spacial score (nSPS) is 9.93. The molecule has 3 nitrogen and oxygen atoms in total. The third-order valence-corrected chi connectivity index (χ3v) is 2.36. The number of nitriles is 1. The van der Waals surface area contributed by atoms with Crippen molar-refractivity contribution in [3.05, 3.63) is 35.0 Å². The molecule has 74 valence electrons. The summed E-state index contributed by atoms with van der Waals surface area (Å²) < 4.78 is 5.10. The van der Waals surface area contributed by atoms with Crippen LogP contribution in [0, 0.1) is 11.3 Å². The highest BCUT2D eigenvalue weighted by Crippen LogP contribution is 2.28. The molecule has 0 unspecified atom stereocenters. The molecule has 0 N–H and O–H groups in total. The van der Waals surface area contributed by atoms with Gasteiger partial charge >= 0.3 is 0 Å². The molecule has 0 saturated heterocycles. The predicted octanol–water partition coefficient (Wildman–Crippen LogP) is 2.77. The van der Waals surface area contributed by atoms with Gasteiger partial charge < -0.3 is 4.74 Å². The average molecular weight is 219 g/mol. The van der Waals surface area contributed by atoms with Gasteiger partial charge in [0.1, 0.15) is 6.07 Å². The molecule has 0 fully saturated rings. The van der Waals surface area contributed by atoms with Gasteiger partial charge in [-0.05, 0) is 18.2 Å². The van der Waals surface area contributed by atoms with Crippen LogP contribution in [0.15, 0.2) is 24.4 Å². The summed E-state index contributed by atoms with van der Waals surface area (Å²) >= 11 is 5.87. The average Bonchev–Trinajstić information content (AvgIpc) is 2.27. The number of fused-ring (bicyclic) bond motifs is 1. The van der Waals surface area contributed by atoms with E-state index in [-0.39, 0.29) is 0 Å². The zero-order valence-electron chi connectivity index (χ0n) is 7.99. The van der Waals surface area contributed by atoms with Crippen molar-refractivity contribution >= 4 is 22.4 Å². The van der Waals surface area contributed by atoms with E-state index in [4.69, 9.17) is 21.6 Å². The van der Waals surface area contributed by atoms with Gasteiger partial charge in [0, 0.05) is 22.0 Å². The van der Waals surface area contributed by atoms with Crippen LogP contribution in [0.1, 0.15) is 5.56 Å². The fraction of sp³-hybridized carbons (Fsp3) is 0.0909. The van der Waals surface area contributed by atoms with Gasteiger partial charge in [-0.2, -0.15) is 5.26 Å². The lowest BCUT2D eigenvalue weighted by Gasteiger charge is -2.05. The number of benzene rings is 1. The van der Waals surface area contributed by atoms with Crippen molar-refractivity contribution in [3.63, 3.8) is 0 Å². The lowest BCUT2D eigenvalue weighted by molar-refractivity contribution is 0.403. The topological polar surface area (TPSA) is 45.9 Å². The maximum absolute atomic E-state index is 8.92. The van der Waals surface area contributed by atoms with Gasteiger partial charge in [0.05, 0.1) is 12.7 Å². The number of methoxy groups -OCH3 is 1. The quantitative estimate of drug-likeness (QED) is 0.740. The summed E-state index contributed by atoms with van der Waals surface area (Å²) in [6.07, 6.45) is 1.48. The molecule has 2 aromatic rings. The minimum atomic E-state index is 0.494. The Morgan fingerprint density at radius 2 is 2.20 bits per heavy atom. The Balaban J connectivity index is 2.88. The van der Waals surface area contributed by atoms with E-state index in [2.05, 4.69) is 11.1 Å². The standard InChI is InChI=1S/C11H7ClN2O/c1-15-11-9-3-2-8(12)4-10(9)7(5-13)6-14-11/h2-4,6H,1H3. The van der Waals surface area contributed by atoms with E-state index in [1.165, 1.54) is 6.20 Å². The van der Waals surface area contributed by atoms with Crippen molar-refractivity contribution in [1.82, 2.24) is 4.98 Å². The van der Waals surface area contributed by atoms with Crippen molar-refractivity contribution in [2.45, 2.75) is 0 Å². The van der Waals surface area contributed by atoms with Gasteiger partial charge in [0.2, 0.25) is 5.88 Å². The van der Waals surface area contributed by atoms with Crippen molar-refractivity contribution in [2.24, 2.45) is 0 Å². The molecular formula is C11H7ClN2O. The Morgan fingerprint density at radius 1 is 1.40 bits per heavy atom. The number of hydrogen-bond acceptors (Lipinski definition) is 3. The van der Waals surface area contributed by atoms with E-state index in [0.717, 1.165) is 10.8 Å².